The molecule has 0 amide bonds. The molecule has 4 rings (SSSR count). The van der Waals surface area contributed by atoms with E-state index in [0.29, 0.717) is 39.1 Å². The molecule has 0 fully saturated rings. The van der Waals surface area contributed by atoms with Gasteiger partial charge in [0.2, 0.25) is 0 Å². The summed E-state index contributed by atoms with van der Waals surface area (Å²) in [6.07, 6.45) is 0. The van der Waals surface area contributed by atoms with Crippen LogP contribution in [0.2, 0.25) is 0 Å². The second kappa shape index (κ2) is 8.99. The Balaban J connectivity index is 1.70. The fraction of sp³-hybridized carbons (Fsp3) is 0.222. The second-order valence-electron chi connectivity index (χ2n) is 8.59. The molecule has 1 aromatic heterocycles. The first-order valence-corrected chi connectivity index (χ1v) is 12.4. The summed E-state index contributed by atoms with van der Waals surface area (Å²) in [5.41, 5.74) is 5.05. The van der Waals surface area contributed by atoms with E-state index in [1.54, 1.807) is 39.8 Å². The number of esters is 1. The second-order valence-corrected chi connectivity index (χ2v) is 10.2. The minimum absolute atomic E-state index is 0.128. The van der Waals surface area contributed by atoms with Gasteiger partial charge in [0, 0.05) is 5.39 Å². The molecule has 6 nitrogen and oxygen atoms in total. The first-order valence-electron chi connectivity index (χ1n) is 10.9. The molecule has 0 spiro atoms. The number of carbonyl (C=O) groups excluding carboxylic acids is 1. The predicted molar refractivity (Wildman–Crippen MR) is 133 cm³/mol. The average molecular weight is 478 g/mol. The van der Waals surface area contributed by atoms with E-state index < -0.39 is 16.0 Å². The van der Waals surface area contributed by atoms with Crippen molar-refractivity contribution in [2.45, 2.75) is 46.1 Å². The number of aryl methyl sites for hydroxylation is 5. The average Bonchev–Trinajstić information content (AvgIpc) is 3.06. The van der Waals surface area contributed by atoms with E-state index in [1.807, 2.05) is 49.4 Å². The molecule has 0 saturated heterocycles. The monoisotopic (exact) mass is 477 g/mol. The summed E-state index contributed by atoms with van der Waals surface area (Å²) < 4.78 is 40.6. The van der Waals surface area contributed by atoms with Crippen molar-refractivity contribution < 1.29 is 22.4 Å². The fourth-order valence-electron chi connectivity index (χ4n) is 4.31. The normalized spacial score (nSPS) is 11.6. The lowest BCUT2D eigenvalue weighted by molar-refractivity contribution is 0.0472. The molecule has 176 valence electrons. The molecule has 4 aromatic rings. The Morgan fingerprint density at radius 1 is 0.912 bits per heavy atom. The van der Waals surface area contributed by atoms with Gasteiger partial charge in [-0.3, -0.25) is 4.72 Å². The standard InChI is InChI=1S/C27H27NO5S/c1-16-11-18(3)26(19(4)12-16)34(30,31)28-23-14-22-24(13-17(23)2)33-20(5)25(22)27(29)32-15-21-9-7-6-8-10-21/h6-14,28H,15H2,1-5H3. The van der Waals surface area contributed by atoms with Crippen molar-refractivity contribution in [2.24, 2.45) is 0 Å². The number of ether oxygens (including phenoxy) is 1. The topological polar surface area (TPSA) is 85.6 Å². The summed E-state index contributed by atoms with van der Waals surface area (Å²) in [6.45, 7) is 9.11. The minimum atomic E-state index is -3.85. The Morgan fingerprint density at radius 3 is 2.21 bits per heavy atom. The third-order valence-corrected chi connectivity index (χ3v) is 7.42. The number of nitrogens with one attached hydrogen (secondary N) is 1. The molecule has 1 heterocycles. The fourth-order valence-corrected chi connectivity index (χ4v) is 5.89. The van der Waals surface area contributed by atoms with Crippen LogP contribution in [0.25, 0.3) is 11.0 Å². The van der Waals surface area contributed by atoms with Crippen molar-refractivity contribution >= 4 is 32.6 Å². The van der Waals surface area contributed by atoms with Crippen molar-refractivity contribution in [3.8, 4) is 0 Å². The number of furan rings is 1. The molecular weight excluding hydrogens is 450 g/mol. The smallest absolute Gasteiger partial charge is 0.342 e. The lowest BCUT2D eigenvalue weighted by Gasteiger charge is -2.15. The van der Waals surface area contributed by atoms with Crippen LogP contribution in [0.5, 0.6) is 0 Å². The van der Waals surface area contributed by atoms with Crippen LogP contribution >= 0.6 is 0 Å². The van der Waals surface area contributed by atoms with Crippen molar-refractivity contribution in [3.63, 3.8) is 0 Å². The summed E-state index contributed by atoms with van der Waals surface area (Å²) >= 11 is 0. The van der Waals surface area contributed by atoms with Crippen LogP contribution in [-0.2, 0) is 21.4 Å². The molecule has 7 heteroatoms. The largest absolute Gasteiger partial charge is 0.460 e. The Kier molecular flexibility index (Phi) is 6.23. The lowest BCUT2D eigenvalue weighted by atomic mass is 10.1. The maximum absolute atomic E-state index is 13.3. The summed E-state index contributed by atoms with van der Waals surface area (Å²) in [7, 11) is -3.85. The van der Waals surface area contributed by atoms with E-state index >= 15 is 0 Å². The number of sulfonamides is 1. The Bertz CT molecular complexity index is 1480. The molecule has 0 aliphatic rings. The molecule has 34 heavy (non-hydrogen) atoms. The summed E-state index contributed by atoms with van der Waals surface area (Å²) in [5, 5.41) is 0.496. The van der Waals surface area contributed by atoms with E-state index in [0.717, 1.165) is 11.1 Å². The Morgan fingerprint density at radius 2 is 1.56 bits per heavy atom. The van der Waals surface area contributed by atoms with Crippen LogP contribution in [0, 0.1) is 34.6 Å². The van der Waals surface area contributed by atoms with Gasteiger partial charge in [-0.1, -0.05) is 48.0 Å². The highest BCUT2D eigenvalue weighted by atomic mass is 32.2. The van der Waals surface area contributed by atoms with Crippen molar-refractivity contribution in [1.82, 2.24) is 0 Å². The highest BCUT2D eigenvalue weighted by molar-refractivity contribution is 7.92. The van der Waals surface area contributed by atoms with Gasteiger partial charge in [0.05, 0.1) is 10.6 Å². The molecule has 0 saturated carbocycles. The van der Waals surface area contributed by atoms with Gasteiger partial charge in [-0.05, 0) is 69.0 Å². The van der Waals surface area contributed by atoms with Gasteiger partial charge < -0.3 is 9.15 Å². The van der Waals surface area contributed by atoms with E-state index in [1.165, 1.54) is 0 Å². The maximum atomic E-state index is 13.3. The number of hydrogen-bond donors (Lipinski definition) is 1. The van der Waals surface area contributed by atoms with Crippen LogP contribution in [0.3, 0.4) is 0 Å². The Hall–Kier alpha value is -3.58. The van der Waals surface area contributed by atoms with Gasteiger partial charge in [-0.2, -0.15) is 0 Å². The van der Waals surface area contributed by atoms with Crippen LogP contribution in [0.15, 0.2) is 63.9 Å². The quantitative estimate of drug-likeness (QED) is 0.338. The van der Waals surface area contributed by atoms with Gasteiger partial charge in [0.15, 0.2) is 0 Å². The van der Waals surface area contributed by atoms with Gasteiger partial charge in [0.25, 0.3) is 10.0 Å². The number of hydrogen-bond acceptors (Lipinski definition) is 5. The van der Waals surface area contributed by atoms with Crippen LogP contribution in [0.1, 0.15) is 43.9 Å². The summed E-state index contributed by atoms with van der Waals surface area (Å²) in [5.74, 6) is -0.110. The van der Waals surface area contributed by atoms with E-state index in [-0.39, 0.29) is 17.1 Å². The first-order chi connectivity index (χ1) is 16.1. The van der Waals surface area contributed by atoms with E-state index in [9.17, 15) is 13.2 Å². The zero-order chi connectivity index (χ0) is 24.6. The third kappa shape index (κ3) is 4.56. The molecule has 0 radical (unpaired) electrons. The molecule has 0 unspecified atom stereocenters. The van der Waals surface area contributed by atoms with Crippen molar-refractivity contribution in [1.29, 1.82) is 0 Å². The molecule has 3 aromatic carbocycles. The zero-order valence-corrected chi connectivity index (χ0v) is 20.7. The molecule has 1 N–H and O–H groups in total. The highest BCUT2D eigenvalue weighted by Gasteiger charge is 2.24. The van der Waals surface area contributed by atoms with Crippen LogP contribution in [-0.4, -0.2) is 14.4 Å². The molecule has 0 bridgehead atoms. The number of benzene rings is 3. The maximum Gasteiger partial charge on any atom is 0.342 e. The van der Waals surface area contributed by atoms with E-state index in [4.69, 9.17) is 9.15 Å². The lowest BCUT2D eigenvalue weighted by Crippen LogP contribution is -2.16. The van der Waals surface area contributed by atoms with Gasteiger partial charge in [-0.25, -0.2) is 13.2 Å². The van der Waals surface area contributed by atoms with Gasteiger partial charge >= 0.3 is 5.97 Å². The molecule has 0 aliphatic heterocycles. The SMILES string of the molecule is Cc1cc(C)c(S(=O)(=O)Nc2cc3c(C(=O)OCc4ccccc4)c(C)oc3cc2C)c(C)c1. The minimum Gasteiger partial charge on any atom is -0.460 e. The number of anilines is 1. The summed E-state index contributed by atoms with van der Waals surface area (Å²) in [6, 6.07) is 16.4. The number of carbonyl (C=O) groups is 1. The molecular formula is C27H27NO5S. The van der Waals surface area contributed by atoms with Crippen molar-refractivity contribution in [3.05, 3.63) is 93.7 Å². The molecule has 0 aliphatic carbocycles. The number of fused-ring (bicyclic) bond motifs is 1. The first kappa shape index (κ1) is 23.6. The highest BCUT2D eigenvalue weighted by Crippen LogP contribution is 2.33. The number of rotatable bonds is 6. The zero-order valence-electron chi connectivity index (χ0n) is 19.9. The van der Waals surface area contributed by atoms with Crippen LogP contribution < -0.4 is 4.72 Å². The van der Waals surface area contributed by atoms with Gasteiger partial charge in [0.1, 0.15) is 23.5 Å². The predicted octanol–water partition coefficient (Wildman–Crippen LogP) is 6.13. The van der Waals surface area contributed by atoms with Gasteiger partial charge in [-0.15, -0.1) is 0 Å². The van der Waals surface area contributed by atoms with E-state index in [2.05, 4.69) is 4.72 Å². The van der Waals surface area contributed by atoms with Crippen molar-refractivity contribution in [2.75, 3.05) is 4.72 Å². The molecule has 0 atom stereocenters. The summed E-state index contributed by atoms with van der Waals surface area (Å²) in [4.78, 5) is 13.2. The third-order valence-electron chi connectivity index (χ3n) is 5.75. The van der Waals surface area contributed by atoms with Crippen LogP contribution in [0.4, 0.5) is 5.69 Å². The Labute approximate surface area is 199 Å².